The van der Waals surface area contributed by atoms with Gasteiger partial charge < -0.3 is 5.32 Å². The number of hydrogen-bond acceptors (Lipinski definition) is 3. The number of hydrogen-bond donors (Lipinski definition) is 2. The van der Waals surface area contributed by atoms with Crippen molar-refractivity contribution in [3.05, 3.63) is 88.5 Å². The second kappa shape index (κ2) is 9.26. The molecule has 4 aliphatic carbocycles. The molecule has 6 heteroatoms. The van der Waals surface area contributed by atoms with Crippen molar-refractivity contribution in [2.75, 3.05) is 10.0 Å². The number of nitrogens with one attached hydrogen (secondary N) is 2. The van der Waals surface area contributed by atoms with E-state index in [4.69, 9.17) is 0 Å². The summed E-state index contributed by atoms with van der Waals surface area (Å²) in [5, 5.41) is 2.97. The largest absolute Gasteiger partial charge is 0.322 e. The fourth-order valence-corrected chi connectivity index (χ4v) is 9.06. The molecule has 0 aliphatic heterocycles. The van der Waals surface area contributed by atoms with Crippen LogP contribution in [0.3, 0.4) is 0 Å². The summed E-state index contributed by atoms with van der Waals surface area (Å²) >= 11 is 0. The maximum absolute atomic E-state index is 13.3. The molecular formula is C32H36N2O3S. The van der Waals surface area contributed by atoms with Gasteiger partial charge >= 0.3 is 0 Å². The average Bonchev–Trinajstić information content (AvgIpc) is 2.86. The topological polar surface area (TPSA) is 75.3 Å². The highest BCUT2D eigenvalue weighted by atomic mass is 32.2. The molecule has 0 unspecified atom stereocenters. The molecule has 4 saturated carbocycles. The lowest BCUT2D eigenvalue weighted by atomic mass is 9.48. The first-order valence-corrected chi connectivity index (χ1v) is 15.2. The van der Waals surface area contributed by atoms with Gasteiger partial charge in [-0.1, -0.05) is 30.3 Å². The molecule has 1 amide bonds. The van der Waals surface area contributed by atoms with Gasteiger partial charge in [-0.05, 0) is 135 Å². The molecular weight excluding hydrogens is 492 g/mol. The Hall–Kier alpha value is -3.12. The Labute approximate surface area is 226 Å². The fourth-order valence-electron chi connectivity index (χ4n) is 7.67. The first-order valence-electron chi connectivity index (χ1n) is 13.7. The van der Waals surface area contributed by atoms with Gasteiger partial charge in [-0.2, -0.15) is 0 Å². The van der Waals surface area contributed by atoms with Crippen LogP contribution in [0.2, 0.25) is 0 Å². The average molecular weight is 529 g/mol. The zero-order valence-corrected chi connectivity index (χ0v) is 23.2. The highest BCUT2D eigenvalue weighted by Crippen LogP contribution is 2.60. The van der Waals surface area contributed by atoms with Crippen LogP contribution in [0.4, 0.5) is 11.4 Å². The van der Waals surface area contributed by atoms with Crippen molar-refractivity contribution in [2.24, 2.45) is 17.8 Å². The Morgan fingerprint density at radius 3 is 2.08 bits per heavy atom. The minimum atomic E-state index is -3.87. The quantitative estimate of drug-likeness (QED) is 0.357. The summed E-state index contributed by atoms with van der Waals surface area (Å²) in [4.78, 5) is 13.2. The van der Waals surface area contributed by atoms with E-state index in [2.05, 4.69) is 22.2 Å². The zero-order valence-electron chi connectivity index (χ0n) is 22.4. The summed E-state index contributed by atoms with van der Waals surface area (Å²) in [6, 6.07) is 18.7. The van der Waals surface area contributed by atoms with Crippen LogP contribution in [-0.2, 0) is 15.4 Å². The summed E-state index contributed by atoms with van der Waals surface area (Å²) in [6.07, 6.45) is 8.18. The van der Waals surface area contributed by atoms with E-state index >= 15 is 0 Å². The van der Waals surface area contributed by atoms with E-state index in [1.165, 1.54) is 50.2 Å². The molecule has 3 aromatic rings. The first-order chi connectivity index (χ1) is 18.1. The van der Waals surface area contributed by atoms with Crippen molar-refractivity contribution in [2.45, 2.75) is 69.6 Å². The number of rotatable bonds is 6. The predicted molar refractivity (Wildman–Crippen MR) is 152 cm³/mol. The summed E-state index contributed by atoms with van der Waals surface area (Å²) in [5.41, 5.74) is 5.77. The molecule has 3 aromatic carbocycles. The standard InChI is InChI=1S/C32H36N2O3S/c1-20-5-4-6-29(22(20)3)34-38(36,37)30-16-26(8-7-21(30)2)31(35)33-28-11-9-27(10-12-28)32-17-23-13-24(18-32)15-25(14-23)19-32/h4-12,16,23-25,34H,13-15,17-19H2,1-3H3,(H,33,35). The van der Waals surface area contributed by atoms with Crippen molar-refractivity contribution in [1.29, 1.82) is 0 Å². The van der Waals surface area contributed by atoms with Gasteiger partial charge in [0.1, 0.15) is 0 Å². The molecule has 198 valence electrons. The predicted octanol–water partition coefficient (Wildman–Crippen LogP) is 7.13. The Morgan fingerprint density at radius 1 is 0.816 bits per heavy atom. The van der Waals surface area contributed by atoms with Crippen LogP contribution >= 0.6 is 0 Å². The lowest BCUT2D eigenvalue weighted by Crippen LogP contribution is -2.48. The third-order valence-electron chi connectivity index (χ3n) is 9.38. The second-order valence-electron chi connectivity index (χ2n) is 12.1. The van der Waals surface area contributed by atoms with E-state index < -0.39 is 10.0 Å². The number of sulfonamides is 1. The minimum absolute atomic E-state index is 0.100. The van der Waals surface area contributed by atoms with E-state index in [1.807, 2.05) is 38.1 Å². The van der Waals surface area contributed by atoms with Gasteiger partial charge in [0.2, 0.25) is 0 Å². The number of amides is 1. The van der Waals surface area contributed by atoms with Gasteiger partial charge in [-0.3, -0.25) is 9.52 Å². The van der Waals surface area contributed by atoms with Crippen LogP contribution in [-0.4, -0.2) is 14.3 Å². The Kier molecular flexibility index (Phi) is 6.14. The maximum Gasteiger partial charge on any atom is 0.262 e. The monoisotopic (exact) mass is 528 g/mol. The maximum atomic E-state index is 13.3. The number of anilines is 2. The van der Waals surface area contributed by atoms with E-state index in [9.17, 15) is 13.2 Å². The van der Waals surface area contributed by atoms with E-state index in [0.29, 0.717) is 22.2 Å². The van der Waals surface area contributed by atoms with Crippen LogP contribution in [0, 0.1) is 38.5 Å². The Bertz CT molecular complexity index is 1470. The second-order valence-corrected chi connectivity index (χ2v) is 13.7. The van der Waals surface area contributed by atoms with Crippen molar-refractivity contribution in [3.8, 4) is 0 Å². The fraction of sp³-hybridized carbons (Fsp3) is 0.406. The molecule has 38 heavy (non-hydrogen) atoms. The molecule has 0 saturated heterocycles. The smallest absolute Gasteiger partial charge is 0.262 e. The third kappa shape index (κ3) is 4.53. The van der Waals surface area contributed by atoms with Gasteiger partial charge in [0.25, 0.3) is 15.9 Å². The van der Waals surface area contributed by atoms with Gasteiger partial charge in [0, 0.05) is 11.3 Å². The highest BCUT2D eigenvalue weighted by molar-refractivity contribution is 7.92. The van der Waals surface area contributed by atoms with Crippen LogP contribution < -0.4 is 10.0 Å². The molecule has 4 fully saturated rings. The summed E-state index contributed by atoms with van der Waals surface area (Å²) in [5.74, 6) is 2.33. The van der Waals surface area contributed by atoms with Crippen molar-refractivity contribution in [1.82, 2.24) is 0 Å². The first kappa shape index (κ1) is 25.2. The highest BCUT2D eigenvalue weighted by Gasteiger charge is 2.51. The molecule has 4 bridgehead atoms. The van der Waals surface area contributed by atoms with Gasteiger partial charge in [-0.25, -0.2) is 8.42 Å². The van der Waals surface area contributed by atoms with Crippen LogP contribution in [0.25, 0.3) is 0 Å². The summed E-state index contributed by atoms with van der Waals surface area (Å²) < 4.78 is 29.3. The van der Waals surface area contributed by atoms with E-state index in [1.54, 1.807) is 25.1 Å². The Balaban J connectivity index is 1.19. The number of carbonyl (C=O) groups is 1. The van der Waals surface area contributed by atoms with Crippen LogP contribution in [0.15, 0.2) is 65.6 Å². The molecule has 7 rings (SSSR count). The van der Waals surface area contributed by atoms with Gasteiger partial charge in [-0.15, -0.1) is 0 Å². The molecule has 0 atom stereocenters. The molecule has 0 spiro atoms. The number of aryl methyl sites for hydroxylation is 2. The van der Waals surface area contributed by atoms with Crippen LogP contribution in [0.1, 0.15) is 71.1 Å². The minimum Gasteiger partial charge on any atom is -0.322 e. The zero-order chi connectivity index (χ0) is 26.7. The normalized spacial score (nSPS) is 25.8. The molecule has 0 aromatic heterocycles. The van der Waals surface area contributed by atoms with Gasteiger partial charge in [0.05, 0.1) is 10.6 Å². The lowest BCUT2D eigenvalue weighted by molar-refractivity contribution is -0.00518. The number of carbonyl (C=O) groups excluding carboxylic acids is 1. The van der Waals surface area contributed by atoms with E-state index in [0.717, 1.165) is 34.6 Å². The van der Waals surface area contributed by atoms with Crippen molar-refractivity contribution < 1.29 is 13.2 Å². The van der Waals surface area contributed by atoms with Crippen molar-refractivity contribution >= 4 is 27.3 Å². The third-order valence-corrected chi connectivity index (χ3v) is 10.9. The number of benzene rings is 3. The molecule has 4 aliphatic rings. The summed E-state index contributed by atoms with van der Waals surface area (Å²) in [6.45, 7) is 5.57. The molecule has 5 nitrogen and oxygen atoms in total. The lowest BCUT2D eigenvalue weighted by Gasteiger charge is -2.57. The molecule has 0 radical (unpaired) electrons. The van der Waals surface area contributed by atoms with Gasteiger partial charge in [0.15, 0.2) is 0 Å². The van der Waals surface area contributed by atoms with Crippen LogP contribution in [0.5, 0.6) is 0 Å². The Morgan fingerprint density at radius 2 is 1.45 bits per heavy atom. The summed E-state index contributed by atoms with van der Waals surface area (Å²) in [7, 11) is -3.87. The SMILES string of the molecule is Cc1ccc(C(=O)Nc2ccc(C34CC5CC(CC(C5)C3)C4)cc2)cc1S(=O)(=O)Nc1cccc(C)c1C. The molecule has 0 heterocycles. The van der Waals surface area contributed by atoms with E-state index in [-0.39, 0.29) is 10.8 Å². The van der Waals surface area contributed by atoms with Crippen molar-refractivity contribution in [3.63, 3.8) is 0 Å². The molecule has 2 N–H and O–H groups in total.